The summed E-state index contributed by atoms with van der Waals surface area (Å²) in [5.41, 5.74) is 8.48. The molecular weight excluding hydrogens is 404 g/mol. The highest BCUT2D eigenvalue weighted by atomic mass is 16.7. The van der Waals surface area contributed by atoms with Gasteiger partial charge in [0.1, 0.15) is 12.2 Å². The van der Waals surface area contributed by atoms with Crippen molar-refractivity contribution in [1.29, 1.82) is 0 Å². The van der Waals surface area contributed by atoms with Crippen molar-refractivity contribution in [2.75, 3.05) is 13.2 Å². The van der Waals surface area contributed by atoms with Gasteiger partial charge in [0.15, 0.2) is 5.43 Å². The molecule has 3 aromatic rings. The molecule has 1 aliphatic rings. The second kappa shape index (κ2) is 10.7. The second-order valence-electron chi connectivity index (χ2n) is 7.97. The summed E-state index contributed by atoms with van der Waals surface area (Å²) in [5, 5.41) is 0. The van der Waals surface area contributed by atoms with Crippen LogP contribution in [0.1, 0.15) is 42.2 Å². The first-order chi connectivity index (χ1) is 15.7. The summed E-state index contributed by atoms with van der Waals surface area (Å²) in [6.07, 6.45) is 3.06. The van der Waals surface area contributed by atoms with Crippen LogP contribution < -0.4 is 11.2 Å². The van der Waals surface area contributed by atoms with E-state index in [2.05, 4.69) is 4.98 Å². The van der Waals surface area contributed by atoms with E-state index in [0.717, 1.165) is 24.0 Å². The minimum absolute atomic E-state index is 0.0837. The van der Waals surface area contributed by atoms with E-state index < -0.39 is 11.9 Å². The molecule has 0 radical (unpaired) electrons. The fraction of sp³-hybridized carbons (Fsp3) is 0.346. The highest BCUT2D eigenvalue weighted by molar-refractivity contribution is 5.23. The molecule has 0 spiro atoms. The molecule has 6 heteroatoms. The summed E-state index contributed by atoms with van der Waals surface area (Å²) in [7, 11) is 0. The average Bonchev–Trinajstić information content (AvgIpc) is 2.84. The maximum Gasteiger partial charge on any atom is 0.222 e. The molecule has 1 aromatic heterocycles. The Morgan fingerprint density at radius 3 is 2.56 bits per heavy atom. The molecule has 6 nitrogen and oxygen atoms in total. The average molecular weight is 435 g/mol. The molecule has 32 heavy (non-hydrogen) atoms. The molecule has 1 saturated heterocycles. The van der Waals surface area contributed by atoms with Crippen molar-refractivity contribution in [2.45, 2.75) is 43.9 Å². The third kappa shape index (κ3) is 5.16. The Hall–Kier alpha value is -2.77. The van der Waals surface area contributed by atoms with Crippen LogP contribution in [0.15, 0.2) is 83.8 Å². The standard InChI is InChI=1S/C26H30N2O4/c27-15-13-24(23-18-22(29)14-16-28-23)32-26(21-10-5-2-6-11-21)25(12-7-17-31-26)30-19-20-8-3-1-4-9-20/h1-6,8-11,14,16,18,24-25H,7,12-13,15,17,19,27H2,(H,28,29). The van der Waals surface area contributed by atoms with Crippen molar-refractivity contribution < 1.29 is 14.2 Å². The van der Waals surface area contributed by atoms with Gasteiger partial charge in [0.25, 0.3) is 0 Å². The molecule has 3 atom stereocenters. The topological polar surface area (TPSA) is 86.6 Å². The van der Waals surface area contributed by atoms with Gasteiger partial charge in [0.2, 0.25) is 5.79 Å². The maximum absolute atomic E-state index is 12.0. The molecule has 4 rings (SSSR count). The second-order valence-corrected chi connectivity index (χ2v) is 7.97. The van der Waals surface area contributed by atoms with Gasteiger partial charge in [-0.3, -0.25) is 4.79 Å². The fourth-order valence-corrected chi connectivity index (χ4v) is 4.15. The third-order valence-corrected chi connectivity index (χ3v) is 5.71. The van der Waals surface area contributed by atoms with Crippen LogP contribution in [-0.2, 0) is 26.6 Å². The number of H-pyrrole nitrogens is 1. The van der Waals surface area contributed by atoms with Gasteiger partial charge in [-0.05, 0) is 31.4 Å². The first-order valence-electron chi connectivity index (χ1n) is 11.1. The summed E-state index contributed by atoms with van der Waals surface area (Å²) in [6, 6.07) is 23.0. The number of nitrogens with two attached hydrogens (primary N) is 1. The first-order valence-corrected chi connectivity index (χ1v) is 11.1. The van der Waals surface area contributed by atoms with E-state index in [0.29, 0.717) is 31.9 Å². The van der Waals surface area contributed by atoms with Gasteiger partial charge < -0.3 is 24.9 Å². The summed E-state index contributed by atoms with van der Waals surface area (Å²) in [6.45, 7) is 1.42. The van der Waals surface area contributed by atoms with Gasteiger partial charge in [-0.25, -0.2) is 0 Å². The Balaban J connectivity index is 1.69. The number of ether oxygens (including phenoxy) is 3. The zero-order valence-corrected chi connectivity index (χ0v) is 18.1. The summed E-state index contributed by atoms with van der Waals surface area (Å²) < 4.78 is 19.6. The van der Waals surface area contributed by atoms with Crippen molar-refractivity contribution in [2.24, 2.45) is 5.73 Å². The Labute approximate surface area is 188 Å². The van der Waals surface area contributed by atoms with E-state index in [4.69, 9.17) is 19.9 Å². The Kier molecular flexibility index (Phi) is 7.50. The van der Waals surface area contributed by atoms with Crippen molar-refractivity contribution in [3.8, 4) is 0 Å². The normalized spacial score (nSPS) is 21.8. The molecule has 2 aromatic carbocycles. The monoisotopic (exact) mass is 434 g/mol. The van der Waals surface area contributed by atoms with Gasteiger partial charge in [0.05, 0.1) is 13.2 Å². The Morgan fingerprint density at radius 1 is 1.09 bits per heavy atom. The molecule has 0 aliphatic carbocycles. The number of hydrogen-bond acceptors (Lipinski definition) is 5. The highest BCUT2D eigenvalue weighted by Crippen LogP contribution is 2.42. The van der Waals surface area contributed by atoms with E-state index >= 15 is 0 Å². The van der Waals surface area contributed by atoms with E-state index in [-0.39, 0.29) is 11.5 Å². The number of benzene rings is 2. The van der Waals surface area contributed by atoms with Crippen molar-refractivity contribution in [3.05, 3.63) is 106 Å². The lowest BCUT2D eigenvalue weighted by molar-refractivity contribution is -0.339. The number of hydrogen-bond donors (Lipinski definition) is 2. The van der Waals surface area contributed by atoms with Crippen LogP contribution >= 0.6 is 0 Å². The van der Waals surface area contributed by atoms with Crippen LogP contribution in [0.25, 0.3) is 0 Å². The number of aromatic nitrogens is 1. The lowest BCUT2D eigenvalue weighted by Crippen LogP contribution is -2.50. The van der Waals surface area contributed by atoms with E-state index in [9.17, 15) is 4.79 Å². The zero-order valence-electron chi connectivity index (χ0n) is 18.1. The van der Waals surface area contributed by atoms with Gasteiger partial charge in [-0.1, -0.05) is 60.7 Å². The smallest absolute Gasteiger partial charge is 0.222 e. The van der Waals surface area contributed by atoms with Crippen molar-refractivity contribution in [3.63, 3.8) is 0 Å². The SMILES string of the molecule is NCCC(OC1(c2ccccc2)OCCCC1OCc1ccccc1)c1cc(=O)cc[nH]1. The van der Waals surface area contributed by atoms with Crippen molar-refractivity contribution in [1.82, 2.24) is 4.98 Å². The van der Waals surface area contributed by atoms with Crippen LogP contribution in [0.5, 0.6) is 0 Å². The molecule has 0 bridgehead atoms. The first kappa shape index (κ1) is 22.4. The summed E-state index contributed by atoms with van der Waals surface area (Å²) >= 11 is 0. The van der Waals surface area contributed by atoms with Crippen molar-refractivity contribution >= 4 is 0 Å². The minimum atomic E-state index is -1.11. The summed E-state index contributed by atoms with van der Waals surface area (Å²) in [5.74, 6) is -1.11. The minimum Gasteiger partial charge on any atom is -0.368 e. The molecule has 3 unspecified atom stereocenters. The van der Waals surface area contributed by atoms with Crippen LogP contribution in [0.2, 0.25) is 0 Å². The molecular formula is C26H30N2O4. The van der Waals surface area contributed by atoms with E-state index in [1.54, 1.807) is 12.3 Å². The molecule has 1 aliphatic heterocycles. The third-order valence-electron chi connectivity index (χ3n) is 5.71. The predicted molar refractivity (Wildman–Crippen MR) is 123 cm³/mol. The van der Waals surface area contributed by atoms with Gasteiger partial charge in [0, 0.05) is 29.6 Å². The van der Waals surface area contributed by atoms with Gasteiger partial charge in [-0.2, -0.15) is 0 Å². The quantitative estimate of drug-likeness (QED) is 0.531. The molecule has 0 amide bonds. The lowest BCUT2D eigenvalue weighted by atomic mass is 9.93. The van der Waals surface area contributed by atoms with E-state index in [1.165, 1.54) is 6.07 Å². The maximum atomic E-state index is 12.0. The molecule has 3 N–H and O–H groups in total. The highest BCUT2D eigenvalue weighted by Gasteiger charge is 2.48. The number of rotatable bonds is 9. The molecule has 168 valence electrons. The number of aromatic amines is 1. The Bertz CT molecular complexity index is 1020. The van der Waals surface area contributed by atoms with Gasteiger partial charge >= 0.3 is 0 Å². The molecule has 1 fully saturated rings. The number of nitrogens with one attached hydrogen (secondary N) is 1. The largest absolute Gasteiger partial charge is 0.368 e. The summed E-state index contributed by atoms with van der Waals surface area (Å²) in [4.78, 5) is 15.2. The fourth-order valence-electron chi connectivity index (χ4n) is 4.15. The van der Waals surface area contributed by atoms with Gasteiger partial charge in [-0.15, -0.1) is 0 Å². The van der Waals surface area contributed by atoms with Crippen LogP contribution in [0.3, 0.4) is 0 Å². The van der Waals surface area contributed by atoms with Crippen LogP contribution in [0, 0.1) is 0 Å². The Morgan fingerprint density at radius 2 is 1.84 bits per heavy atom. The van der Waals surface area contributed by atoms with Crippen LogP contribution in [0.4, 0.5) is 0 Å². The molecule has 0 saturated carbocycles. The van der Waals surface area contributed by atoms with E-state index in [1.807, 2.05) is 60.7 Å². The predicted octanol–water partition coefficient (Wildman–Crippen LogP) is 4.03. The lowest BCUT2D eigenvalue weighted by Gasteiger charge is -2.45. The van der Waals surface area contributed by atoms with Crippen LogP contribution in [-0.4, -0.2) is 24.2 Å². The zero-order chi connectivity index (χ0) is 22.2. The number of pyridine rings is 1. The molecule has 2 heterocycles.